The minimum Gasteiger partial charge on any atom is -0.369 e. The Balaban J connectivity index is 2.04. The number of carbonyl (C=O) groups excluding carboxylic acids is 2. The van der Waals surface area contributed by atoms with E-state index in [9.17, 15) is 14.0 Å². The lowest BCUT2D eigenvalue weighted by Gasteiger charge is -2.33. The average molecular weight is 378 g/mol. The lowest BCUT2D eigenvalue weighted by molar-refractivity contribution is -0.118. The van der Waals surface area contributed by atoms with Gasteiger partial charge in [-0.15, -0.1) is 0 Å². The summed E-state index contributed by atoms with van der Waals surface area (Å²) in [5.74, 6) is -0.760. The Morgan fingerprint density at radius 1 is 1.30 bits per heavy atom. The molecule has 7 heteroatoms. The van der Waals surface area contributed by atoms with Crippen molar-refractivity contribution in [1.29, 1.82) is 0 Å². The number of primary amides is 1. The second kappa shape index (κ2) is 10.1. The Labute approximate surface area is 160 Å². The first kappa shape index (κ1) is 21.0. The van der Waals surface area contributed by atoms with Gasteiger partial charge < -0.3 is 21.3 Å². The molecule has 27 heavy (non-hydrogen) atoms. The standard InChI is InChI=1S/C20H31FN4O2/c1-3-4-10-17(24-20(22)27)19(26)23-14-11-12-18(16(21)13-14)25(2)15-8-6-5-7-9-15/h11-13,15,17H,3-10H2,1-2H3,(H,23,26)(H3,22,24,27). The fourth-order valence-electron chi connectivity index (χ4n) is 3.61. The monoisotopic (exact) mass is 378 g/mol. The predicted molar refractivity (Wildman–Crippen MR) is 106 cm³/mol. The summed E-state index contributed by atoms with van der Waals surface area (Å²) in [7, 11) is 1.92. The van der Waals surface area contributed by atoms with Crippen molar-refractivity contribution in [3.63, 3.8) is 0 Å². The summed E-state index contributed by atoms with van der Waals surface area (Å²) < 4.78 is 14.6. The van der Waals surface area contributed by atoms with Crippen LogP contribution in [0.25, 0.3) is 0 Å². The highest BCUT2D eigenvalue weighted by atomic mass is 19.1. The molecule has 1 aliphatic carbocycles. The maximum Gasteiger partial charge on any atom is 0.312 e. The fourth-order valence-corrected chi connectivity index (χ4v) is 3.61. The number of nitrogens with zero attached hydrogens (tertiary/aromatic N) is 1. The molecule has 1 atom stereocenters. The number of nitrogens with one attached hydrogen (secondary N) is 2. The molecule has 1 aliphatic rings. The summed E-state index contributed by atoms with van der Waals surface area (Å²) in [6.07, 6.45) is 7.90. The van der Waals surface area contributed by atoms with Gasteiger partial charge in [0.25, 0.3) is 0 Å². The van der Waals surface area contributed by atoms with Crippen molar-refractivity contribution in [2.45, 2.75) is 70.4 Å². The number of anilines is 2. The third-order valence-electron chi connectivity index (χ3n) is 5.20. The number of amides is 3. The minimum atomic E-state index is -0.748. The number of unbranched alkanes of at least 4 members (excludes halogenated alkanes) is 1. The number of hydrogen-bond acceptors (Lipinski definition) is 3. The molecule has 6 nitrogen and oxygen atoms in total. The molecule has 1 fully saturated rings. The van der Waals surface area contributed by atoms with Crippen LogP contribution < -0.4 is 21.3 Å². The van der Waals surface area contributed by atoms with Crippen molar-refractivity contribution >= 4 is 23.3 Å². The number of carbonyl (C=O) groups is 2. The molecule has 0 heterocycles. The van der Waals surface area contributed by atoms with Crippen molar-refractivity contribution in [3.05, 3.63) is 24.0 Å². The zero-order chi connectivity index (χ0) is 19.8. The number of halogens is 1. The van der Waals surface area contributed by atoms with Gasteiger partial charge in [0.1, 0.15) is 11.9 Å². The fraction of sp³-hybridized carbons (Fsp3) is 0.600. The van der Waals surface area contributed by atoms with E-state index in [1.807, 2.05) is 18.9 Å². The Kier molecular flexibility index (Phi) is 7.88. The van der Waals surface area contributed by atoms with Crippen LogP contribution in [0.2, 0.25) is 0 Å². The van der Waals surface area contributed by atoms with Crippen LogP contribution in [-0.2, 0) is 4.79 Å². The van der Waals surface area contributed by atoms with Gasteiger partial charge in [-0.3, -0.25) is 4.79 Å². The molecule has 2 rings (SSSR count). The summed E-state index contributed by atoms with van der Waals surface area (Å²) in [6.45, 7) is 2.00. The lowest BCUT2D eigenvalue weighted by Crippen LogP contribution is -2.46. The SMILES string of the molecule is CCCCC(NC(N)=O)C(=O)Nc1ccc(N(C)C2CCCCC2)c(F)c1. The first-order valence-electron chi connectivity index (χ1n) is 9.81. The van der Waals surface area contributed by atoms with E-state index in [4.69, 9.17) is 5.73 Å². The first-order valence-corrected chi connectivity index (χ1v) is 9.81. The molecular weight excluding hydrogens is 347 g/mol. The molecule has 0 spiro atoms. The number of urea groups is 1. The highest BCUT2D eigenvalue weighted by Gasteiger charge is 2.22. The summed E-state index contributed by atoms with van der Waals surface area (Å²) in [5, 5.41) is 5.12. The molecule has 1 saturated carbocycles. The molecule has 0 aliphatic heterocycles. The van der Waals surface area contributed by atoms with Gasteiger partial charge in [0.05, 0.1) is 5.69 Å². The van der Waals surface area contributed by atoms with Crippen LogP contribution in [0.3, 0.4) is 0 Å². The lowest BCUT2D eigenvalue weighted by atomic mass is 9.94. The largest absolute Gasteiger partial charge is 0.369 e. The van der Waals surface area contributed by atoms with Crippen molar-refractivity contribution < 1.29 is 14.0 Å². The van der Waals surface area contributed by atoms with Gasteiger partial charge in [-0.2, -0.15) is 0 Å². The van der Waals surface area contributed by atoms with E-state index in [1.165, 1.54) is 25.3 Å². The Morgan fingerprint density at radius 3 is 2.59 bits per heavy atom. The quantitative estimate of drug-likeness (QED) is 0.644. The molecular formula is C20H31FN4O2. The Hall–Kier alpha value is -2.31. The maximum absolute atomic E-state index is 14.6. The van der Waals surface area contributed by atoms with Crippen molar-refractivity contribution in [1.82, 2.24) is 5.32 Å². The number of rotatable bonds is 8. The van der Waals surface area contributed by atoms with Gasteiger partial charge in [-0.25, -0.2) is 9.18 Å². The van der Waals surface area contributed by atoms with Crippen LogP contribution >= 0.6 is 0 Å². The summed E-state index contributed by atoms with van der Waals surface area (Å²) in [4.78, 5) is 25.5. The number of benzene rings is 1. The van der Waals surface area contributed by atoms with E-state index >= 15 is 0 Å². The molecule has 1 aromatic carbocycles. The van der Waals surface area contributed by atoms with Crippen molar-refractivity contribution in [3.8, 4) is 0 Å². The normalized spacial score (nSPS) is 15.8. The zero-order valence-corrected chi connectivity index (χ0v) is 16.3. The van der Waals surface area contributed by atoms with Crippen LogP contribution in [0.1, 0.15) is 58.3 Å². The van der Waals surface area contributed by atoms with Crippen LogP contribution in [-0.4, -0.2) is 31.1 Å². The molecule has 1 aromatic rings. The third-order valence-corrected chi connectivity index (χ3v) is 5.20. The second-order valence-corrected chi connectivity index (χ2v) is 7.26. The summed E-state index contributed by atoms with van der Waals surface area (Å²) in [6, 6.07) is 3.59. The van der Waals surface area contributed by atoms with Gasteiger partial charge in [-0.1, -0.05) is 39.0 Å². The van der Waals surface area contributed by atoms with Crippen molar-refractivity contribution in [2.75, 3.05) is 17.3 Å². The van der Waals surface area contributed by atoms with E-state index in [0.29, 0.717) is 23.8 Å². The molecule has 0 bridgehead atoms. The van der Waals surface area contributed by atoms with Gasteiger partial charge in [0.15, 0.2) is 0 Å². The average Bonchev–Trinajstić information content (AvgIpc) is 2.65. The molecule has 0 saturated heterocycles. The van der Waals surface area contributed by atoms with Gasteiger partial charge >= 0.3 is 6.03 Å². The number of nitrogens with two attached hydrogens (primary N) is 1. The molecule has 4 N–H and O–H groups in total. The van der Waals surface area contributed by atoms with E-state index in [1.54, 1.807) is 12.1 Å². The first-order chi connectivity index (χ1) is 12.9. The van der Waals surface area contributed by atoms with Crippen LogP contribution in [0.5, 0.6) is 0 Å². The van der Waals surface area contributed by atoms with E-state index < -0.39 is 18.0 Å². The van der Waals surface area contributed by atoms with Crippen LogP contribution in [0, 0.1) is 5.82 Å². The summed E-state index contributed by atoms with van der Waals surface area (Å²) in [5.41, 5.74) is 6.06. The van der Waals surface area contributed by atoms with E-state index in [0.717, 1.165) is 25.7 Å². The summed E-state index contributed by atoms with van der Waals surface area (Å²) >= 11 is 0. The Morgan fingerprint density at radius 2 is 2.00 bits per heavy atom. The molecule has 3 amide bonds. The maximum atomic E-state index is 14.6. The van der Waals surface area contributed by atoms with Gasteiger partial charge in [0, 0.05) is 18.8 Å². The van der Waals surface area contributed by atoms with E-state index in [-0.39, 0.29) is 5.82 Å². The minimum absolute atomic E-state index is 0.354. The molecule has 150 valence electrons. The van der Waals surface area contributed by atoms with Crippen LogP contribution in [0.15, 0.2) is 18.2 Å². The third kappa shape index (κ3) is 6.12. The highest BCUT2D eigenvalue weighted by molar-refractivity contribution is 5.97. The Bertz CT molecular complexity index is 647. The van der Waals surface area contributed by atoms with Gasteiger partial charge in [-0.05, 0) is 37.5 Å². The zero-order valence-electron chi connectivity index (χ0n) is 16.3. The molecule has 1 unspecified atom stereocenters. The van der Waals surface area contributed by atoms with Crippen molar-refractivity contribution in [2.24, 2.45) is 5.73 Å². The molecule has 0 radical (unpaired) electrons. The van der Waals surface area contributed by atoms with Gasteiger partial charge in [0.2, 0.25) is 5.91 Å². The second-order valence-electron chi connectivity index (χ2n) is 7.26. The number of hydrogen-bond donors (Lipinski definition) is 3. The van der Waals surface area contributed by atoms with E-state index in [2.05, 4.69) is 10.6 Å². The topological polar surface area (TPSA) is 87.5 Å². The predicted octanol–water partition coefficient (Wildman–Crippen LogP) is 3.76. The highest BCUT2D eigenvalue weighted by Crippen LogP contribution is 2.29. The smallest absolute Gasteiger partial charge is 0.312 e. The molecule has 0 aromatic heterocycles. The van der Waals surface area contributed by atoms with Crippen LogP contribution in [0.4, 0.5) is 20.6 Å².